The Bertz CT molecular complexity index is 1250. The summed E-state index contributed by atoms with van der Waals surface area (Å²) in [7, 11) is 0. The van der Waals surface area contributed by atoms with Crippen molar-refractivity contribution < 1.29 is 5.11 Å². The van der Waals surface area contributed by atoms with E-state index in [4.69, 9.17) is 5.41 Å². The average molecular weight is 451 g/mol. The minimum atomic E-state index is -0.679. The second kappa shape index (κ2) is 9.90. The molecule has 1 aliphatic heterocycles. The number of hydrogen-bond acceptors (Lipinski definition) is 3. The SMILES string of the molecule is Cl.N=c1n(CCN2CCCCC2)c2ccccc2n1CC(O)c1cccc2ccccc12. The van der Waals surface area contributed by atoms with E-state index < -0.39 is 6.10 Å². The van der Waals surface area contributed by atoms with Gasteiger partial charge in [-0.3, -0.25) is 5.41 Å². The third-order valence-electron chi connectivity index (χ3n) is 6.60. The molecule has 0 aliphatic carbocycles. The normalized spacial score (nSPS) is 15.7. The number of hydrogen-bond donors (Lipinski definition) is 2. The third kappa shape index (κ3) is 4.33. The van der Waals surface area contributed by atoms with Crippen LogP contribution in [-0.2, 0) is 13.1 Å². The van der Waals surface area contributed by atoms with E-state index in [-0.39, 0.29) is 12.4 Å². The first-order valence-electron chi connectivity index (χ1n) is 11.3. The quantitative estimate of drug-likeness (QED) is 0.446. The molecule has 2 N–H and O–H groups in total. The summed E-state index contributed by atoms with van der Waals surface area (Å²) in [6.07, 6.45) is 3.20. The van der Waals surface area contributed by atoms with Crippen LogP contribution in [0.15, 0.2) is 66.7 Å². The van der Waals surface area contributed by atoms with E-state index in [0.717, 1.165) is 53.5 Å². The highest BCUT2D eigenvalue weighted by Gasteiger charge is 2.17. The predicted octanol–water partition coefficient (Wildman–Crippen LogP) is 4.72. The lowest BCUT2D eigenvalue weighted by molar-refractivity contribution is 0.157. The fourth-order valence-corrected chi connectivity index (χ4v) is 4.94. The number of rotatable bonds is 6. The van der Waals surface area contributed by atoms with Gasteiger partial charge in [0.1, 0.15) is 0 Å². The largest absolute Gasteiger partial charge is 0.387 e. The van der Waals surface area contributed by atoms with Crippen LogP contribution in [0.5, 0.6) is 0 Å². The van der Waals surface area contributed by atoms with Gasteiger partial charge in [0, 0.05) is 13.1 Å². The Morgan fingerprint density at radius 3 is 2.22 bits per heavy atom. The van der Waals surface area contributed by atoms with Crippen molar-refractivity contribution >= 4 is 34.2 Å². The zero-order valence-electron chi connectivity index (χ0n) is 18.3. The number of para-hydroxylation sites is 2. The molecule has 1 aromatic heterocycles. The summed E-state index contributed by atoms with van der Waals surface area (Å²) >= 11 is 0. The van der Waals surface area contributed by atoms with Crippen LogP contribution in [-0.4, -0.2) is 38.8 Å². The molecule has 168 valence electrons. The summed E-state index contributed by atoms with van der Waals surface area (Å²) in [6, 6.07) is 22.4. The molecule has 1 saturated heterocycles. The van der Waals surface area contributed by atoms with Gasteiger partial charge in [-0.2, -0.15) is 0 Å². The fraction of sp³-hybridized carbons (Fsp3) is 0.346. The van der Waals surface area contributed by atoms with Crippen molar-refractivity contribution in [2.75, 3.05) is 19.6 Å². The molecule has 5 rings (SSSR count). The molecule has 6 heteroatoms. The van der Waals surface area contributed by atoms with Crippen molar-refractivity contribution in [1.29, 1.82) is 5.41 Å². The van der Waals surface area contributed by atoms with Gasteiger partial charge >= 0.3 is 0 Å². The molecule has 0 radical (unpaired) electrons. The molecule has 0 spiro atoms. The molecule has 2 heterocycles. The number of aliphatic hydroxyl groups excluding tert-OH is 1. The highest BCUT2D eigenvalue weighted by Crippen LogP contribution is 2.26. The van der Waals surface area contributed by atoms with Crippen LogP contribution >= 0.6 is 12.4 Å². The maximum atomic E-state index is 11.2. The molecule has 3 aromatic carbocycles. The number of aromatic nitrogens is 2. The molecule has 4 aromatic rings. The average Bonchev–Trinajstić information content (AvgIpc) is 3.08. The third-order valence-corrected chi connectivity index (χ3v) is 6.60. The Labute approximate surface area is 194 Å². The van der Waals surface area contributed by atoms with Gasteiger partial charge in [-0.05, 0) is 54.4 Å². The topological polar surface area (TPSA) is 57.2 Å². The number of likely N-dealkylation sites (tertiary alicyclic amines) is 1. The molecular formula is C26H31ClN4O. The van der Waals surface area contributed by atoms with Crippen molar-refractivity contribution in [1.82, 2.24) is 14.0 Å². The maximum absolute atomic E-state index is 11.2. The van der Waals surface area contributed by atoms with Gasteiger partial charge in [-0.1, -0.05) is 61.0 Å². The van der Waals surface area contributed by atoms with E-state index in [0.29, 0.717) is 12.2 Å². The summed E-state index contributed by atoms with van der Waals surface area (Å²) < 4.78 is 4.05. The van der Waals surface area contributed by atoms with Crippen molar-refractivity contribution in [3.8, 4) is 0 Å². The first-order chi connectivity index (χ1) is 15.2. The Balaban J connectivity index is 0.00000245. The molecule has 1 atom stereocenters. The van der Waals surface area contributed by atoms with Gasteiger partial charge in [-0.25, -0.2) is 0 Å². The van der Waals surface area contributed by atoms with Gasteiger partial charge in [0.15, 0.2) is 0 Å². The second-order valence-electron chi connectivity index (χ2n) is 8.56. The molecule has 1 unspecified atom stereocenters. The number of benzene rings is 3. The number of nitrogens with one attached hydrogen (secondary N) is 1. The lowest BCUT2D eigenvalue weighted by Crippen LogP contribution is -2.35. The van der Waals surface area contributed by atoms with Crippen molar-refractivity contribution in [3.63, 3.8) is 0 Å². The van der Waals surface area contributed by atoms with Crippen molar-refractivity contribution in [3.05, 3.63) is 77.9 Å². The number of piperidine rings is 1. The van der Waals surface area contributed by atoms with E-state index in [2.05, 4.69) is 39.8 Å². The van der Waals surface area contributed by atoms with Crippen LogP contribution in [0.2, 0.25) is 0 Å². The van der Waals surface area contributed by atoms with Gasteiger partial charge in [0.05, 0.1) is 23.7 Å². The summed E-state index contributed by atoms with van der Waals surface area (Å²) in [5.74, 6) is 0. The highest BCUT2D eigenvalue weighted by molar-refractivity contribution is 5.86. The number of fused-ring (bicyclic) bond motifs is 2. The summed E-state index contributed by atoms with van der Waals surface area (Å²) in [5.41, 5.74) is 3.44. The smallest absolute Gasteiger partial charge is 0.203 e. The molecule has 32 heavy (non-hydrogen) atoms. The lowest BCUT2D eigenvalue weighted by Gasteiger charge is -2.26. The minimum Gasteiger partial charge on any atom is -0.387 e. The molecule has 0 bridgehead atoms. The Kier molecular flexibility index (Phi) is 6.99. The Morgan fingerprint density at radius 2 is 1.44 bits per heavy atom. The molecule has 1 fully saturated rings. The fourth-order valence-electron chi connectivity index (χ4n) is 4.94. The van der Waals surface area contributed by atoms with Crippen molar-refractivity contribution in [2.45, 2.75) is 38.5 Å². The standard InChI is InChI=1S/C26H30N4O.ClH/c27-26-29(18-17-28-15-6-1-7-16-28)23-13-4-5-14-24(23)30(26)19-25(31)22-12-8-10-20-9-2-3-11-21(20)22;/h2-5,8-14,25,27,31H,1,6-7,15-19H2;1H. The monoisotopic (exact) mass is 450 g/mol. The second-order valence-corrected chi connectivity index (χ2v) is 8.56. The first-order valence-corrected chi connectivity index (χ1v) is 11.3. The number of nitrogens with zero attached hydrogens (tertiary/aromatic N) is 3. The number of aliphatic hydroxyl groups is 1. The maximum Gasteiger partial charge on any atom is 0.203 e. The molecule has 1 aliphatic rings. The zero-order valence-corrected chi connectivity index (χ0v) is 19.1. The summed E-state index contributed by atoms with van der Waals surface area (Å²) in [6.45, 7) is 4.45. The predicted molar refractivity (Wildman–Crippen MR) is 132 cm³/mol. The number of halogens is 1. The summed E-state index contributed by atoms with van der Waals surface area (Å²) in [5, 5.41) is 22.3. The van der Waals surface area contributed by atoms with E-state index in [1.165, 1.54) is 19.3 Å². The lowest BCUT2D eigenvalue weighted by atomic mass is 10.0. The van der Waals surface area contributed by atoms with Crippen LogP contribution in [0, 0.1) is 5.41 Å². The minimum absolute atomic E-state index is 0. The number of imidazole rings is 1. The van der Waals surface area contributed by atoms with E-state index in [1.54, 1.807) is 0 Å². The van der Waals surface area contributed by atoms with Crippen LogP contribution in [0.25, 0.3) is 21.8 Å². The van der Waals surface area contributed by atoms with E-state index >= 15 is 0 Å². The molecule has 0 saturated carbocycles. The Morgan fingerprint density at radius 1 is 0.781 bits per heavy atom. The van der Waals surface area contributed by atoms with Gasteiger partial charge in [0.2, 0.25) is 5.62 Å². The Hall–Kier alpha value is -2.60. The van der Waals surface area contributed by atoms with Crippen LogP contribution in [0.4, 0.5) is 0 Å². The van der Waals surface area contributed by atoms with Gasteiger partial charge < -0.3 is 19.1 Å². The van der Waals surface area contributed by atoms with Crippen LogP contribution in [0.3, 0.4) is 0 Å². The zero-order chi connectivity index (χ0) is 21.2. The van der Waals surface area contributed by atoms with E-state index in [9.17, 15) is 5.11 Å². The van der Waals surface area contributed by atoms with Gasteiger partial charge in [0.25, 0.3) is 0 Å². The molecule has 0 amide bonds. The van der Waals surface area contributed by atoms with Crippen LogP contribution in [0.1, 0.15) is 30.9 Å². The first kappa shape index (κ1) is 22.6. The summed E-state index contributed by atoms with van der Waals surface area (Å²) in [4.78, 5) is 2.51. The van der Waals surface area contributed by atoms with Crippen molar-refractivity contribution in [2.24, 2.45) is 0 Å². The van der Waals surface area contributed by atoms with E-state index in [1.807, 2.05) is 41.0 Å². The van der Waals surface area contributed by atoms with Gasteiger partial charge in [-0.15, -0.1) is 12.4 Å². The molecular weight excluding hydrogens is 420 g/mol. The van der Waals surface area contributed by atoms with Crippen LogP contribution < -0.4 is 5.62 Å². The molecule has 5 nitrogen and oxygen atoms in total. The highest BCUT2D eigenvalue weighted by atomic mass is 35.5.